The third kappa shape index (κ3) is 5.09. The van der Waals surface area contributed by atoms with E-state index in [1.54, 1.807) is 19.1 Å². The van der Waals surface area contributed by atoms with Crippen LogP contribution in [0.15, 0.2) is 59.0 Å². The molecule has 5 nitrogen and oxygen atoms in total. The van der Waals surface area contributed by atoms with Gasteiger partial charge in [0.25, 0.3) is 5.91 Å². The Kier molecular flexibility index (Phi) is 5.93. The number of hydrogen-bond acceptors (Lipinski definition) is 4. The molecule has 0 atom stereocenters. The van der Waals surface area contributed by atoms with E-state index in [2.05, 4.69) is 10.1 Å². The van der Waals surface area contributed by atoms with Crippen LogP contribution in [-0.2, 0) is 6.61 Å². The van der Waals surface area contributed by atoms with E-state index in [4.69, 9.17) is 9.15 Å². The predicted octanol–water partition coefficient (Wildman–Crippen LogP) is 5.33. The summed E-state index contributed by atoms with van der Waals surface area (Å²) in [5.74, 6) is 0.912. The fraction of sp³-hybridized carbons (Fsp3) is 0.190. The highest BCUT2D eigenvalue weighted by atomic mass is 19.3. The topological polar surface area (TPSA) is 60.7 Å². The summed E-state index contributed by atoms with van der Waals surface area (Å²) < 4.78 is 40.0. The molecule has 2 aromatic carbocycles. The number of ether oxygens (including phenoxy) is 2. The van der Waals surface area contributed by atoms with E-state index >= 15 is 0 Å². The summed E-state index contributed by atoms with van der Waals surface area (Å²) in [5.41, 5.74) is 2.14. The Balaban J connectivity index is 1.61. The molecule has 0 aliphatic rings. The molecule has 0 spiro atoms. The molecule has 1 amide bonds. The number of benzene rings is 2. The number of aryl methyl sites for hydroxylation is 2. The van der Waals surface area contributed by atoms with Crippen LogP contribution in [-0.4, -0.2) is 12.5 Å². The molecule has 3 aromatic rings. The molecule has 0 bridgehead atoms. The van der Waals surface area contributed by atoms with Gasteiger partial charge < -0.3 is 19.2 Å². The normalized spacial score (nSPS) is 10.8. The number of alkyl halides is 2. The van der Waals surface area contributed by atoms with E-state index in [0.29, 0.717) is 22.8 Å². The monoisotopic (exact) mass is 387 g/mol. The third-order valence-electron chi connectivity index (χ3n) is 3.93. The lowest BCUT2D eigenvalue weighted by atomic mass is 10.2. The predicted molar refractivity (Wildman–Crippen MR) is 100.0 cm³/mol. The van der Waals surface area contributed by atoms with Gasteiger partial charge in [-0.1, -0.05) is 12.1 Å². The van der Waals surface area contributed by atoms with Crippen LogP contribution < -0.4 is 14.8 Å². The van der Waals surface area contributed by atoms with Gasteiger partial charge in [0, 0.05) is 5.69 Å². The van der Waals surface area contributed by atoms with Crippen LogP contribution >= 0.6 is 0 Å². The lowest BCUT2D eigenvalue weighted by Gasteiger charge is -2.10. The quantitative estimate of drug-likeness (QED) is 0.595. The lowest BCUT2D eigenvalue weighted by Crippen LogP contribution is -2.12. The van der Waals surface area contributed by atoms with Crippen molar-refractivity contribution in [2.75, 3.05) is 5.32 Å². The van der Waals surface area contributed by atoms with Crippen molar-refractivity contribution in [3.8, 4) is 11.5 Å². The number of carbonyl (C=O) groups excluding carboxylic acids is 1. The van der Waals surface area contributed by atoms with E-state index in [0.717, 1.165) is 5.56 Å². The number of hydrogen-bond donors (Lipinski definition) is 1. The van der Waals surface area contributed by atoms with Crippen molar-refractivity contribution < 1.29 is 27.5 Å². The van der Waals surface area contributed by atoms with E-state index in [1.807, 2.05) is 31.2 Å². The molecule has 1 aromatic heterocycles. The first-order valence-electron chi connectivity index (χ1n) is 8.56. The minimum absolute atomic E-state index is 0.0269. The van der Waals surface area contributed by atoms with Gasteiger partial charge in [-0.05, 0) is 67.4 Å². The van der Waals surface area contributed by atoms with Gasteiger partial charge >= 0.3 is 6.61 Å². The number of nitrogens with one attached hydrogen (secondary N) is 1. The van der Waals surface area contributed by atoms with Gasteiger partial charge in [-0.2, -0.15) is 8.78 Å². The standard InChI is InChI=1S/C21H19F2NO4/c1-13-4-3-5-15(10-13)26-12-17-7-9-19(27-17)20(25)24-18-8-6-16(11-14(18)2)28-21(22)23/h3-11,21H,12H2,1-2H3,(H,24,25). The third-order valence-corrected chi connectivity index (χ3v) is 3.93. The first kappa shape index (κ1) is 19.4. The van der Waals surface area contributed by atoms with Crippen LogP contribution in [0.5, 0.6) is 11.5 Å². The molecule has 0 unspecified atom stereocenters. The Labute approximate surface area is 160 Å². The molecular formula is C21H19F2NO4. The minimum atomic E-state index is -2.90. The molecule has 146 valence electrons. The van der Waals surface area contributed by atoms with E-state index < -0.39 is 12.5 Å². The van der Waals surface area contributed by atoms with Crippen LogP contribution in [0.4, 0.5) is 14.5 Å². The molecule has 0 fully saturated rings. The van der Waals surface area contributed by atoms with Gasteiger partial charge in [-0.25, -0.2) is 0 Å². The highest BCUT2D eigenvalue weighted by Gasteiger charge is 2.14. The van der Waals surface area contributed by atoms with E-state index in [1.165, 1.54) is 18.2 Å². The Morgan fingerprint density at radius 3 is 2.61 bits per heavy atom. The fourth-order valence-corrected chi connectivity index (χ4v) is 2.57. The molecule has 0 aliphatic carbocycles. The lowest BCUT2D eigenvalue weighted by molar-refractivity contribution is -0.0498. The second kappa shape index (κ2) is 8.56. The second-order valence-electron chi connectivity index (χ2n) is 6.18. The van der Waals surface area contributed by atoms with Gasteiger partial charge in [0.2, 0.25) is 0 Å². The van der Waals surface area contributed by atoms with Crippen LogP contribution in [0.2, 0.25) is 0 Å². The zero-order valence-corrected chi connectivity index (χ0v) is 15.4. The van der Waals surface area contributed by atoms with Crippen molar-refractivity contribution in [1.82, 2.24) is 0 Å². The molecule has 0 radical (unpaired) electrons. The summed E-state index contributed by atoms with van der Waals surface area (Å²) in [4.78, 5) is 12.4. The maximum Gasteiger partial charge on any atom is 0.387 e. The summed E-state index contributed by atoms with van der Waals surface area (Å²) in [7, 11) is 0. The van der Waals surface area contributed by atoms with Crippen LogP contribution in [0.3, 0.4) is 0 Å². The Bertz CT molecular complexity index is 969. The van der Waals surface area contributed by atoms with Gasteiger partial charge in [0.15, 0.2) is 5.76 Å². The Morgan fingerprint density at radius 2 is 1.89 bits per heavy atom. The van der Waals surface area contributed by atoms with Crippen LogP contribution in [0.1, 0.15) is 27.4 Å². The summed E-state index contributed by atoms with van der Waals surface area (Å²) in [6.07, 6.45) is 0. The van der Waals surface area contributed by atoms with Crippen LogP contribution in [0.25, 0.3) is 0 Å². The number of furan rings is 1. The number of amides is 1. The number of halogens is 2. The van der Waals surface area contributed by atoms with Crippen molar-refractivity contribution in [3.05, 3.63) is 77.2 Å². The fourth-order valence-electron chi connectivity index (χ4n) is 2.57. The Morgan fingerprint density at radius 1 is 1.07 bits per heavy atom. The molecule has 28 heavy (non-hydrogen) atoms. The number of rotatable bonds is 7. The van der Waals surface area contributed by atoms with Crippen molar-refractivity contribution in [2.24, 2.45) is 0 Å². The van der Waals surface area contributed by atoms with Gasteiger partial charge in [-0.15, -0.1) is 0 Å². The van der Waals surface area contributed by atoms with E-state index in [-0.39, 0.29) is 18.1 Å². The molecule has 1 N–H and O–H groups in total. The van der Waals surface area contributed by atoms with Crippen molar-refractivity contribution in [1.29, 1.82) is 0 Å². The molecule has 7 heteroatoms. The molecule has 1 heterocycles. The summed E-state index contributed by atoms with van der Waals surface area (Å²) in [6.45, 7) is 0.937. The summed E-state index contributed by atoms with van der Waals surface area (Å²) in [5, 5.41) is 2.69. The first-order valence-corrected chi connectivity index (χ1v) is 8.56. The number of anilines is 1. The van der Waals surface area contributed by atoms with Crippen molar-refractivity contribution in [3.63, 3.8) is 0 Å². The molecule has 0 saturated carbocycles. The second-order valence-corrected chi connectivity index (χ2v) is 6.18. The van der Waals surface area contributed by atoms with Gasteiger partial charge in [-0.3, -0.25) is 4.79 Å². The Hall–Kier alpha value is -3.35. The van der Waals surface area contributed by atoms with Crippen molar-refractivity contribution >= 4 is 11.6 Å². The van der Waals surface area contributed by atoms with E-state index in [9.17, 15) is 13.6 Å². The first-order chi connectivity index (χ1) is 13.4. The maximum atomic E-state index is 12.4. The average Bonchev–Trinajstić information content (AvgIpc) is 3.11. The zero-order chi connectivity index (χ0) is 20.1. The zero-order valence-electron chi connectivity index (χ0n) is 15.4. The highest BCUT2D eigenvalue weighted by Crippen LogP contribution is 2.23. The molecule has 0 aliphatic heterocycles. The summed E-state index contributed by atoms with van der Waals surface area (Å²) in [6, 6.07) is 15.1. The molecular weight excluding hydrogens is 368 g/mol. The van der Waals surface area contributed by atoms with Crippen LogP contribution in [0, 0.1) is 13.8 Å². The average molecular weight is 387 g/mol. The SMILES string of the molecule is Cc1cccc(OCc2ccc(C(=O)Nc3ccc(OC(F)F)cc3C)o2)c1. The maximum absolute atomic E-state index is 12.4. The smallest absolute Gasteiger partial charge is 0.387 e. The number of carbonyl (C=O) groups is 1. The van der Waals surface area contributed by atoms with Crippen molar-refractivity contribution in [2.45, 2.75) is 27.1 Å². The molecule has 0 saturated heterocycles. The highest BCUT2D eigenvalue weighted by molar-refractivity contribution is 6.02. The van der Waals surface area contributed by atoms with Gasteiger partial charge in [0.05, 0.1) is 0 Å². The molecule has 3 rings (SSSR count). The van der Waals surface area contributed by atoms with Gasteiger partial charge in [0.1, 0.15) is 23.9 Å². The summed E-state index contributed by atoms with van der Waals surface area (Å²) >= 11 is 0. The largest absolute Gasteiger partial charge is 0.486 e. The minimum Gasteiger partial charge on any atom is -0.486 e.